The molecule has 1 fully saturated rings. The number of fused-ring (bicyclic) bond motifs is 1. The topological polar surface area (TPSA) is 76.5 Å². The van der Waals surface area contributed by atoms with Crippen molar-refractivity contribution in [2.24, 2.45) is 5.73 Å². The summed E-state index contributed by atoms with van der Waals surface area (Å²) in [6.07, 6.45) is 2.65. The highest BCUT2D eigenvalue weighted by Crippen LogP contribution is 2.33. The van der Waals surface area contributed by atoms with Crippen molar-refractivity contribution >= 4 is 17.4 Å². The van der Waals surface area contributed by atoms with Gasteiger partial charge in [0.1, 0.15) is 17.6 Å². The fourth-order valence-corrected chi connectivity index (χ4v) is 2.04. The highest BCUT2D eigenvalue weighted by molar-refractivity contribution is 5.98. The van der Waals surface area contributed by atoms with Crippen LogP contribution in [0.25, 0.3) is 5.65 Å². The molecule has 2 N–H and O–H groups in total. The van der Waals surface area contributed by atoms with E-state index in [2.05, 4.69) is 10.1 Å². The number of carbonyl (C=O) groups excluding carboxylic acids is 1. The number of carbonyl (C=O) groups is 1. The Kier molecular flexibility index (Phi) is 2.22. The van der Waals surface area contributed by atoms with E-state index in [9.17, 15) is 9.18 Å². The Balaban J connectivity index is 2.10. The van der Waals surface area contributed by atoms with Crippen molar-refractivity contribution < 1.29 is 9.18 Å². The number of nitrogens with two attached hydrogens (primary N) is 1. The molecule has 94 valence electrons. The van der Waals surface area contributed by atoms with Crippen LogP contribution < -0.4 is 10.6 Å². The monoisotopic (exact) mass is 249 g/mol. The van der Waals surface area contributed by atoms with Gasteiger partial charge in [0.2, 0.25) is 0 Å². The number of halogens is 1. The summed E-state index contributed by atoms with van der Waals surface area (Å²) in [5.74, 6) is 0.116. The largest absolute Gasteiger partial charge is 0.365 e. The first kappa shape index (κ1) is 10.9. The molecule has 1 amide bonds. The van der Waals surface area contributed by atoms with Crippen LogP contribution in [0.4, 0.5) is 10.2 Å². The molecule has 0 aromatic carbocycles. The number of amides is 1. The Morgan fingerprint density at radius 3 is 3.00 bits per heavy atom. The number of aromatic nitrogens is 3. The number of anilines is 1. The summed E-state index contributed by atoms with van der Waals surface area (Å²) in [7, 11) is 1.80. The smallest absolute Gasteiger partial charge is 0.254 e. The first-order valence-corrected chi connectivity index (χ1v) is 5.59. The van der Waals surface area contributed by atoms with Gasteiger partial charge in [-0.15, -0.1) is 0 Å². The van der Waals surface area contributed by atoms with Gasteiger partial charge >= 0.3 is 0 Å². The molecule has 1 saturated carbocycles. The molecule has 3 rings (SSSR count). The first-order chi connectivity index (χ1) is 8.59. The summed E-state index contributed by atoms with van der Waals surface area (Å²) in [5.41, 5.74) is 5.89. The molecule has 0 radical (unpaired) electrons. The maximum absolute atomic E-state index is 13.1. The average molecular weight is 249 g/mol. The van der Waals surface area contributed by atoms with Crippen LogP contribution in [0, 0.1) is 0 Å². The maximum Gasteiger partial charge on any atom is 0.254 e. The highest BCUT2D eigenvalue weighted by Gasteiger charge is 2.41. The van der Waals surface area contributed by atoms with Crippen molar-refractivity contribution in [2.45, 2.75) is 18.6 Å². The Hall–Kier alpha value is -2.18. The molecule has 0 bridgehead atoms. The van der Waals surface area contributed by atoms with Crippen molar-refractivity contribution in [1.29, 1.82) is 0 Å². The normalized spacial score (nSPS) is 22.1. The minimum atomic E-state index is -0.801. The third kappa shape index (κ3) is 1.51. The predicted octanol–water partition coefficient (Wildman–Crippen LogP) is 0.375. The second-order valence-corrected chi connectivity index (χ2v) is 4.39. The summed E-state index contributed by atoms with van der Waals surface area (Å²) in [6.45, 7) is 0. The Labute approximate surface area is 102 Å². The van der Waals surface area contributed by atoms with E-state index in [1.165, 1.54) is 10.7 Å². The summed E-state index contributed by atoms with van der Waals surface area (Å²) in [4.78, 5) is 17.1. The van der Waals surface area contributed by atoms with E-state index >= 15 is 0 Å². The molecule has 0 saturated heterocycles. The lowest BCUT2D eigenvalue weighted by atomic mass is 10.3. The molecule has 1 aliphatic carbocycles. The average Bonchev–Trinajstić information content (AvgIpc) is 2.91. The van der Waals surface area contributed by atoms with Crippen molar-refractivity contribution in [3.05, 3.63) is 24.0 Å². The highest BCUT2D eigenvalue weighted by atomic mass is 19.1. The second kappa shape index (κ2) is 3.66. The van der Waals surface area contributed by atoms with Crippen LogP contribution in [0.3, 0.4) is 0 Å². The Bertz CT molecular complexity index is 625. The molecular weight excluding hydrogens is 237 g/mol. The quantitative estimate of drug-likeness (QED) is 0.852. The van der Waals surface area contributed by atoms with E-state index in [0.717, 1.165) is 0 Å². The van der Waals surface area contributed by atoms with Gasteiger partial charge in [0.25, 0.3) is 5.91 Å². The fourth-order valence-electron chi connectivity index (χ4n) is 2.04. The zero-order chi connectivity index (χ0) is 12.9. The molecule has 0 aliphatic heterocycles. The predicted molar refractivity (Wildman–Crippen MR) is 63.2 cm³/mol. The van der Waals surface area contributed by atoms with Crippen LogP contribution in [-0.4, -0.2) is 39.8 Å². The van der Waals surface area contributed by atoms with E-state index in [0.29, 0.717) is 17.9 Å². The van der Waals surface area contributed by atoms with Crippen LogP contribution in [-0.2, 0) is 0 Å². The number of hydrogen-bond donors (Lipinski definition) is 1. The van der Waals surface area contributed by atoms with Crippen molar-refractivity contribution in [1.82, 2.24) is 14.6 Å². The van der Waals surface area contributed by atoms with Crippen LogP contribution in [0.1, 0.15) is 16.8 Å². The molecular formula is C11H12FN5O. The zero-order valence-corrected chi connectivity index (χ0v) is 9.75. The number of rotatable bonds is 3. The van der Waals surface area contributed by atoms with Gasteiger partial charge in [-0.2, -0.15) is 9.61 Å². The third-order valence-corrected chi connectivity index (χ3v) is 3.19. The summed E-state index contributed by atoms with van der Waals surface area (Å²) in [6, 6.07) is 1.60. The van der Waals surface area contributed by atoms with Gasteiger partial charge in [-0.25, -0.2) is 9.37 Å². The van der Waals surface area contributed by atoms with E-state index in [1.807, 2.05) is 0 Å². The summed E-state index contributed by atoms with van der Waals surface area (Å²) in [5, 5.41) is 4.09. The van der Waals surface area contributed by atoms with Crippen molar-refractivity contribution in [3.8, 4) is 0 Å². The van der Waals surface area contributed by atoms with Gasteiger partial charge in [0.15, 0.2) is 5.65 Å². The molecule has 6 nitrogen and oxygen atoms in total. The Morgan fingerprint density at radius 2 is 2.39 bits per heavy atom. The van der Waals surface area contributed by atoms with Gasteiger partial charge in [0, 0.05) is 19.7 Å². The van der Waals surface area contributed by atoms with Gasteiger partial charge in [-0.1, -0.05) is 0 Å². The Morgan fingerprint density at radius 1 is 1.67 bits per heavy atom. The lowest BCUT2D eigenvalue weighted by Gasteiger charge is -2.18. The molecule has 2 atom stereocenters. The number of hydrogen-bond acceptors (Lipinski definition) is 4. The SMILES string of the molecule is CN(c1ccnc2c(C(N)=O)cnn12)[C@@H]1C[C@@H]1F. The van der Waals surface area contributed by atoms with Crippen LogP contribution in [0.15, 0.2) is 18.5 Å². The first-order valence-electron chi connectivity index (χ1n) is 5.59. The molecule has 2 aromatic heterocycles. The van der Waals surface area contributed by atoms with Crippen LogP contribution in [0.2, 0.25) is 0 Å². The number of primary amides is 1. The number of alkyl halides is 1. The fraction of sp³-hybridized carbons (Fsp3) is 0.364. The van der Waals surface area contributed by atoms with Gasteiger partial charge in [0.05, 0.1) is 12.2 Å². The minimum Gasteiger partial charge on any atom is -0.365 e. The maximum atomic E-state index is 13.1. The van der Waals surface area contributed by atoms with E-state index in [4.69, 9.17) is 5.73 Å². The van der Waals surface area contributed by atoms with E-state index in [1.54, 1.807) is 24.2 Å². The summed E-state index contributed by atoms with van der Waals surface area (Å²) < 4.78 is 14.6. The zero-order valence-electron chi connectivity index (χ0n) is 9.75. The molecule has 2 aromatic rings. The van der Waals surface area contributed by atoms with E-state index in [-0.39, 0.29) is 11.6 Å². The van der Waals surface area contributed by atoms with Gasteiger partial charge < -0.3 is 10.6 Å². The van der Waals surface area contributed by atoms with E-state index < -0.39 is 12.1 Å². The standard InChI is InChI=1S/C11H12FN5O/c1-16(8-4-7(8)12)9-2-3-14-11-6(10(13)18)5-15-17(9)11/h2-3,5,7-8H,4H2,1H3,(H2,13,18)/t7-,8+/m0/s1. The molecule has 0 spiro atoms. The van der Waals surface area contributed by atoms with Gasteiger partial charge in [-0.05, 0) is 6.07 Å². The van der Waals surface area contributed by atoms with Crippen molar-refractivity contribution in [2.75, 3.05) is 11.9 Å². The second-order valence-electron chi connectivity index (χ2n) is 4.39. The molecule has 2 heterocycles. The third-order valence-electron chi connectivity index (χ3n) is 3.19. The lowest BCUT2D eigenvalue weighted by Crippen LogP contribution is -2.24. The molecule has 0 unspecified atom stereocenters. The van der Waals surface area contributed by atoms with Gasteiger partial charge in [-0.3, -0.25) is 4.79 Å². The van der Waals surface area contributed by atoms with Crippen LogP contribution >= 0.6 is 0 Å². The minimum absolute atomic E-state index is 0.128. The molecule has 1 aliphatic rings. The van der Waals surface area contributed by atoms with Crippen LogP contribution in [0.5, 0.6) is 0 Å². The summed E-state index contributed by atoms with van der Waals surface area (Å²) >= 11 is 0. The molecule has 18 heavy (non-hydrogen) atoms. The van der Waals surface area contributed by atoms with Crippen molar-refractivity contribution in [3.63, 3.8) is 0 Å². The molecule has 7 heteroatoms. The number of nitrogens with zero attached hydrogens (tertiary/aromatic N) is 4. The lowest BCUT2D eigenvalue weighted by molar-refractivity contribution is 0.100.